The predicted molar refractivity (Wildman–Crippen MR) is 90.6 cm³/mol. The zero-order valence-corrected chi connectivity index (χ0v) is 13.9. The minimum Gasteiger partial charge on any atom is -0.486 e. The summed E-state index contributed by atoms with van der Waals surface area (Å²) in [6.07, 6.45) is 6.01. The molecule has 2 aliphatic heterocycles. The Hall–Kier alpha value is -1.46. The summed E-state index contributed by atoms with van der Waals surface area (Å²) in [5.74, 6) is 2.18. The van der Waals surface area contributed by atoms with Gasteiger partial charge in [0, 0.05) is 17.8 Å². The van der Waals surface area contributed by atoms with Crippen LogP contribution in [-0.4, -0.2) is 31.2 Å². The number of nitrogens with one attached hydrogen (secondary N) is 2. The quantitative estimate of drug-likeness (QED) is 0.870. The summed E-state index contributed by atoms with van der Waals surface area (Å²) in [5.41, 5.74) is 0.769. The highest BCUT2D eigenvalue weighted by atomic mass is 35.5. The highest BCUT2D eigenvalue weighted by Crippen LogP contribution is 2.35. The van der Waals surface area contributed by atoms with Gasteiger partial charge in [-0.05, 0) is 37.3 Å². The number of amides is 1. The van der Waals surface area contributed by atoms with Gasteiger partial charge in [-0.25, -0.2) is 0 Å². The van der Waals surface area contributed by atoms with Crippen molar-refractivity contribution in [3.63, 3.8) is 0 Å². The van der Waals surface area contributed by atoms with E-state index in [0.29, 0.717) is 30.9 Å². The number of fused-ring (bicyclic) bond motifs is 2. The standard InChI is InChI=1S/C17H22N2O3.ClH/c20-17(14-9-11-3-1-2-4-13(11)19-14)18-12-5-6-15-16(10-12)22-8-7-21-15;/h5-6,10-11,13-14,19H,1-4,7-9H2,(H,18,20);1H. The molecule has 3 unspecified atom stereocenters. The first-order valence-electron chi connectivity index (χ1n) is 8.26. The van der Waals surface area contributed by atoms with E-state index in [1.165, 1.54) is 25.7 Å². The maximum atomic E-state index is 12.5. The lowest BCUT2D eigenvalue weighted by Gasteiger charge is -2.24. The minimum absolute atomic E-state index is 0. The topological polar surface area (TPSA) is 59.6 Å². The van der Waals surface area contributed by atoms with Crippen LogP contribution in [0.5, 0.6) is 11.5 Å². The van der Waals surface area contributed by atoms with Gasteiger partial charge in [0.25, 0.3) is 0 Å². The maximum Gasteiger partial charge on any atom is 0.241 e. The van der Waals surface area contributed by atoms with E-state index in [0.717, 1.165) is 17.9 Å². The molecule has 4 rings (SSSR count). The lowest BCUT2D eigenvalue weighted by molar-refractivity contribution is -0.117. The second-order valence-electron chi connectivity index (χ2n) is 6.45. The molecule has 2 fully saturated rings. The number of hydrogen-bond donors (Lipinski definition) is 2. The van der Waals surface area contributed by atoms with E-state index in [9.17, 15) is 4.79 Å². The van der Waals surface area contributed by atoms with Gasteiger partial charge in [-0.2, -0.15) is 0 Å². The highest BCUT2D eigenvalue weighted by Gasteiger charge is 2.38. The third kappa shape index (κ3) is 3.40. The molecule has 3 aliphatic rings. The van der Waals surface area contributed by atoms with Crippen molar-refractivity contribution < 1.29 is 14.3 Å². The lowest BCUT2D eigenvalue weighted by Crippen LogP contribution is -2.39. The number of ether oxygens (including phenoxy) is 2. The fraction of sp³-hybridized carbons (Fsp3) is 0.588. The molecule has 6 heteroatoms. The van der Waals surface area contributed by atoms with Crippen LogP contribution in [0.1, 0.15) is 32.1 Å². The van der Waals surface area contributed by atoms with Gasteiger partial charge >= 0.3 is 0 Å². The number of carbonyl (C=O) groups is 1. The first kappa shape index (κ1) is 16.4. The molecule has 0 aromatic heterocycles. The number of halogens is 1. The maximum absolute atomic E-state index is 12.5. The molecule has 3 atom stereocenters. The molecule has 1 aromatic rings. The third-order valence-electron chi connectivity index (χ3n) is 4.99. The second kappa shape index (κ2) is 6.97. The van der Waals surface area contributed by atoms with Crippen LogP contribution in [0.2, 0.25) is 0 Å². The first-order chi connectivity index (χ1) is 10.8. The van der Waals surface area contributed by atoms with Crippen molar-refractivity contribution in [1.29, 1.82) is 0 Å². The van der Waals surface area contributed by atoms with E-state index in [1.54, 1.807) is 0 Å². The molecule has 1 saturated heterocycles. The van der Waals surface area contributed by atoms with Gasteiger partial charge in [0.1, 0.15) is 13.2 Å². The largest absolute Gasteiger partial charge is 0.486 e. The molecule has 0 spiro atoms. The molecule has 0 bridgehead atoms. The van der Waals surface area contributed by atoms with Crippen molar-refractivity contribution in [2.75, 3.05) is 18.5 Å². The molecular weight excluding hydrogens is 316 g/mol. The van der Waals surface area contributed by atoms with Gasteiger partial charge in [0.2, 0.25) is 5.91 Å². The molecular formula is C17H23ClN2O3. The zero-order chi connectivity index (χ0) is 14.9. The summed E-state index contributed by atoms with van der Waals surface area (Å²) in [4.78, 5) is 12.5. The summed E-state index contributed by atoms with van der Waals surface area (Å²) in [6, 6.07) is 6.03. The van der Waals surface area contributed by atoms with Gasteiger partial charge in [-0.15, -0.1) is 12.4 Å². The van der Waals surface area contributed by atoms with Crippen molar-refractivity contribution in [3.05, 3.63) is 18.2 Å². The average Bonchev–Trinajstić information content (AvgIpc) is 2.99. The smallest absolute Gasteiger partial charge is 0.241 e. The van der Waals surface area contributed by atoms with Crippen molar-refractivity contribution in [3.8, 4) is 11.5 Å². The van der Waals surface area contributed by atoms with Gasteiger partial charge in [-0.1, -0.05) is 12.8 Å². The van der Waals surface area contributed by atoms with Crippen molar-refractivity contribution in [2.45, 2.75) is 44.2 Å². The van der Waals surface area contributed by atoms with Crippen LogP contribution in [-0.2, 0) is 4.79 Å². The van der Waals surface area contributed by atoms with E-state index in [4.69, 9.17) is 9.47 Å². The summed E-state index contributed by atoms with van der Waals surface area (Å²) < 4.78 is 11.1. The van der Waals surface area contributed by atoms with E-state index >= 15 is 0 Å². The molecule has 2 heterocycles. The molecule has 126 valence electrons. The third-order valence-corrected chi connectivity index (χ3v) is 4.99. The van der Waals surface area contributed by atoms with Gasteiger partial charge in [0.15, 0.2) is 11.5 Å². The van der Waals surface area contributed by atoms with Crippen LogP contribution in [0.3, 0.4) is 0 Å². The average molecular weight is 339 g/mol. The number of hydrogen-bond acceptors (Lipinski definition) is 4. The zero-order valence-electron chi connectivity index (χ0n) is 13.0. The Morgan fingerprint density at radius 1 is 1.13 bits per heavy atom. The van der Waals surface area contributed by atoms with Crippen molar-refractivity contribution in [2.24, 2.45) is 5.92 Å². The Morgan fingerprint density at radius 2 is 1.91 bits per heavy atom. The fourth-order valence-electron chi connectivity index (χ4n) is 3.87. The molecule has 5 nitrogen and oxygen atoms in total. The molecule has 2 N–H and O–H groups in total. The normalized spacial score (nSPS) is 28.4. The molecule has 0 radical (unpaired) electrons. The molecule has 1 aromatic carbocycles. The van der Waals surface area contributed by atoms with E-state index in [-0.39, 0.29) is 24.4 Å². The van der Waals surface area contributed by atoms with Crippen molar-refractivity contribution >= 4 is 24.0 Å². The summed E-state index contributed by atoms with van der Waals surface area (Å²) in [6.45, 7) is 1.13. The summed E-state index contributed by atoms with van der Waals surface area (Å²) >= 11 is 0. The van der Waals surface area contributed by atoms with Crippen LogP contribution in [0.25, 0.3) is 0 Å². The van der Waals surface area contributed by atoms with Crippen LogP contribution < -0.4 is 20.1 Å². The first-order valence-corrected chi connectivity index (χ1v) is 8.26. The number of rotatable bonds is 2. The van der Waals surface area contributed by atoms with Crippen molar-refractivity contribution in [1.82, 2.24) is 5.32 Å². The Bertz CT molecular complexity index is 567. The van der Waals surface area contributed by atoms with Crippen LogP contribution >= 0.6 is 12.4 Å². The van der Waals surface area contributed by atoms with E-state index < -0.39 is 0 Å². The fourth-order valence-corrected chi connectivity index (χ4v) is 3.87. The number of carbonyl (C=O) groups excluding carboxylic acids is 1. The summed E-state index contributed by atoms with van der Waals surface area (Å²) in [7, 11) is 0. The van der Waals surface area contributed by atoms with Crippen LogP contribution in [0, 0.1) is 5.92 Å². The Labute approximate surface area is 142 Å². The van der Waals surface area contributed by atoms with E-state index in [1.807, 2.05) is 18.2 Å². The highest BCUT2D eigenvalue weighted by molar-refractivity contribution is 5.95. The second-order valence-corrected chi connectivity index (χ2v) is 6.45. The van der Waals surface area contributed by atoms with Crippen LogP contribution in [0.15, 0.2) is 18.2 Å². The van der Waals surface area contributed by atoms with Gasteiger partial charge in [0.05, 0.1) is 6.04 Å². The number of benzene rings is 1. The lowest BCUT2D eigenvalue weighted by atomic mass is 9.85. The minimum atomic E-state index is -0.0682. The van der Waals surface area contributed by atoms with E-state index in [2.05, 4.69) is 10.6 Å². The predicted octanol–water partition coefficient (Wildman–Crippen LogP) is 2.74. The number of anilines is 1. The molecule has 23 heavy (non-hydrogen) atoms. The molecule has 1 saturated carbocycles. The SMILES string of the molecule is Cl.O=C(Nc1ccc2c(c1)OCCO2)C1CC2CCCCC2N1. The van der Waals surface area contributed by atoms with Gasteiger partial charge in [-0.3, -0.25) is 4.79 Å². The van der Waals surface area contributed by atoms with Crippen LogP contribution in [0.4, 0.5) is 5.69 Å². The molecule has 1 aliphatic carbocycles. The molecule has 1 amide bonds. The Balaban J connectivity index is 0.00000156. The Kier molecular flexibility index (Phi) is 4.97. The Morgan fingerprint density at radius 3 is 2.74 bits per heavy atom. The van der Waals surface area contributed by atoms with Gasteiger partial charge < -0.3 is 20.1 Å². The monoisotopic (exact) mass is 338 g/mol. The summed E-state index contributed by atoms with van der Waals surface area (Å²) in [5, 5.41) is 6.51.